The molecule has 1 saturated heterocycles. The Balaban J connectivity index is 2.16. The van der Waals surface area contributed by atoms with Gasteiger partial charge in [0, 0.05) is 18.1 Å². The standard InChI is InChI=1S/C15H17Cl2NO3S/c1-9(10-2-3-12(16)13(17)6-10)15(21)18-4-5-22-8-11(18)7-14(19)20/h2-3,6,9,11H,4-5,7-8H2,1H3,(H,19,20). The number of carboxylic acid groups (broad SMARTS) is 1. The van der Waals surface area contributed by atoms with Gasteiger partial charge in [-0.05, 0) is 24.6 Å². The van der Waals surface area contributed by atoms with Crippen LogP contribution in [-0.4, -0.2) is 46.0 Å². The van der Waals surface area contributed by atoms with E-state index >= 15 is 0 Å². The molecule has 1 heterocycles. The van der Waals surface area contributed by atoms with Crippen molar-refractivity contribution in [1.29, 1.82) is 0 Å². The number of thioether (sulfide) groups is 1. The highest BCUT2D eigenvalue weighted by Gasteiger charge is 2.31. The summed E-state index contributed by atoms with van der Waals surface area (Å²) >= 11 is 13.6. The quantitative estimate of drug-likeness (QED) is 0.891. The molecule has 1 aliphatic rings. The lowest BCUT2D eigenvalue weighted by Crippen LogP contribution is -2.48. The fraction of sp³-hybridized carbons (Fsp3) is 0.467. The van der Waals surface area contributed by atoms with Gasteiger partial charge in [-0.2, -0.15) is 11.8 Å². The van der Waals surface area contributed by atoms with Crippen LogP contribution in [0.4, 0.5) is 0 Å². The summed E-state index contributed by atoms with van der Waals surface area (Å²) in [5.74, 6) is 0.161. The number of carbonyl (C=O) groups excluding carboxylic acids is 1. The zero-order valence-corrected chi connectivity index (χ0v) is 14.4. The van der Waals surface area contributed by atoms with Gasteiger partial charge < -0.3 is 10.0 Å². The minimum absolute atomic E-state index is 0.0210. The maximum absolute atomic E-state index is 12.7. The molecule has 0 radical (unpaired) electrons. The number of hydrogen-bond donors (Lipinski definition) is 1. The Labute approximate surface area is 143 Å². The first-order valence-corrected chi connectivity index (χ1v) is 8.86. The molecule has 1 aromatic rings. The van der Waals surface area contributed by atoms with Crippen LogP contribution in [0.15, 0.2) is 18.2 Å². The van der Waals surface area contributed by atoms with E-state index < -0.39 is 5.97 Å². The molecule has 0 aromatic heterocycles. The van der Waals surface area contributed by atoms with Crippen LogP contribution in [-0.2, 0) is 9.59 Å². The first-order chi connectivity index (χ1) is 10.4. The Morgan fingerprint density at radius 1 is 1.41 bits per heavy atom. The van der Waals surface area contributed by atoms with E-state index in [0.29, 0.717) is 22.3 Å². The van der Waals surface area contributed by atoms with Crippen LogP contribution in [0, 0.1) is 0 Å². The number of rotatable bonds is 4. The SMILES string of the molecule is CC(C(=O)N1CCSCC1CC(=O)O)c1ccc(Cl)c(Cl)c1. The summed E-state index contributed by atoms with van der Waals surface area (Å²) in [6.45, 7) is 2.38. The number of carbonyl (C=O) groups is 2. The molecule has 22 heavy (non-hydrogen) atoms. The maximum Gasteiger partial charge on any atom is 0.305 e. The zero-order chi connectivity index (χ0) is 16.3. The molecule has 2 unspecified atom stereocenters. The average Bonchev–Trinajstić information content (AvgIpc) is 2.48. The number of benzene rings is 1. The van der Waals surface area contributed by atoms with Crippen molar-refractivity contribution >= 4 is 46.8 Å². The van der Waals surface area contributed by atoms with E-state index in [4.69, 9.17) is 28.3 Å². The van der Waals surface area contributed by atoms with E-state index in [-0.39, 0.29) is 24.3 Å². The Hall–Kier alpha value is -0.910. The molecule has 0 aliphatic carbocycles. The molecule has 7 heteroatoms. The van der Waals surface area contributed by atoms with Crippen molar-refractivity contribution in [2.24, 2.45) is 0 Å². The first-order valence-electron chi connectivity index (χ1n) is 6.95. The third-order valence-electron chi connectivity index (χ3n) is 3.73. The van der Waals surface area contributed by atoms with Gasteiger partial charge in [0.2, 0.25) is 5.91 Å². The summed E-state index contributed by atoms with van der Waals surface area (Å²) < 4.78 is 0. The van der Waals surface area contributed by atoms with E-state index in [0.717, 1.165) is 11.3 Å². The summed E-state index contributed by atoms with van der Waals surface area (Å²) in [7, 11) is 0. The molecule has 1 fully saturated rings. The Kier molecular flexibility index (Phi) is 6.01. The molecular formula is C15H17Cl2NO3S. The normalized spacial score (nSPS) is 19.8. The third-order valence-corrected chi connectivity index (χ3v) is 5.57. The summed E-state index contributed by atoms with van der Waals surface area (Å²) in [5, 5.41) is 9.87. The lowest BCUT2D eigenvalue weighted by molar-refractivity contribution is -0.140. The Morgan fingerprint density at radius 3 is 2.77 bits per heavy atom. The van der Waals surface area contributed by atoms with Gasteiger partial charge in [0.25, 0.3) is 0 Å². The molecule has 0 bridgehead atoms. The highest BCUT2D eigenvalue weighted by molar-refractivity contribution is 7.99. The monoisotopic (exact) mass is 361 g/mol. The molecule has 0 spiro atoms. The highest BCUT2D eigenvalue weighted by Crippen LogP contribution is 2.29. The maximum atomic E-state index is 12.7. The summed E-state index contributed by atoms with van der Waals surface area (Å²) in [6.07, 6.45) is -0.0210. The molecular weight excluding hydrogens is 345 g/mol. The molecule has 1 aromatic carbocycles. The Morgan fingerprint density at radius 2 is 2.14 bits per heavy atom. The summed E-state index contributed by atoms with van der Waals surface area (Å²) in [6, 6.07) is 4.89. The third kappa shape index (κ3) is 4.09. The Bertz CT molecular complexity index is 582. The fourth-order valence-corrected chi connectivity index (χ4v) is 3.86. The van der Waals surface area contributed by atoms with Crippen molar-refractivity contribution in [2.45, 2.75) is 25.3 Å². The van der Waals surface area contributed by atoms with Crippen LogP contribution in [0.3, 0.4) is 0 Å². The van der Waals surface area contributed by atoms with E-state index in [1.807, 2.05) is 6.92 Å². The molecule has 4 nitrogen and oxygen atoms in total. The molecule has 1 N–H and O–H groups in total. The van der Waals surface area contributed by atoms with Gasteiger partial charge in [-0.15, -0.1) is 0 Å². The minimum atomic E-state index is -0.882. The largest absolute Gasteiger partial charge is 0.481 e. The van der Waals surface area contributed by atoms with Crippen molar-refractivity contribution in [3.8, 4) is 0 Å². The molecule has 2 atom stereocenters. The van der Waals surface area contributed by atoms with E-state index in [1.165, 1.54) is 0 Å². The van der Waals surface area contributed by atoms with Gasteiger partial charge in [-0.25, -0.2) is 0 Å². The van der Waals surface area contributed by atoms with Crippen LogP contribution in [0.2, 0.25) is 10.0 Å². The summed E-state index contributed by atoms with van der Waals surface area (Å²) in [5.41, 5.74) is 0.784. The van der Waals surface area contributed by atoms with Crippen LogP contribution < -0.4 is 0 Å². The molecule has 120 valence electrons. The van der Waals surface area contributed by atoms with Crippen molar-refractivity contribution in [3.63, 3.8) is 0 Å². The molecule has 1 amide bonds. The zero-order valence-electron chi connectivity index (χ0n) is 12.1. The predicted octanol–water partition coefficient (Wildman–Crippen LogP) is 3.52. The molecule has 0 saturated carbocycles. The minimum Gasteiger partial charge on any atom is -0.481 e. The first kappa shape index (κ1) is 17.4. The second kappa shape index (κ2) is 7.57. The van der Waals surface area contributed by atoms with Crippen LogP contribution >= 0.6 is 35.0 Å². The average molecular weight is 362 g/mol. The van der Waals surface area contributed by atoms with Crippen molar-refractivity contribution < 1.29 is 14.7 Å². The number of carboxylic acids is 1. The van der Waals surface area contributed by atoms with Crippen molar-refractivity contribution in [1.82, 2.24) is 4.90 Å². The van der Waals surface area contributed by atoms with Gasteiger partial charge in [0.05, 0.1) is 28.4 Å². The molecule has 2 rings (SSSR count). The van der Waals surface area contributed by atoms with E-state index in [2.05, 4.69) is 0 Å². The van der Waals surface area contributed by atoms with Gasteiger partial charge >= 0.3 is 5.97 Å². The van der Waals surface area contributed by atoms with Crippen LogP contribution in [0.5, 0.6) is 0 Å². The smallest absolute Gasteiger partial charge is 0.305 e. The summed E-state index contributed by atoms with van der Waals surface area (Å²) in [4.78, 5) is 25.4. The second-order valence-corrected chi connectivity index (χ2v) is 7.22. The topological polar surface area (TPSA) is 57.6 Å². The van der Waals surface area contributed by atoms with Gasteiger partial charge in [0.1, 0.15) is 0 Å². The van der Waals surface area contributed by atoms with Crippen LogP contribution in [0.1, 0.15) is 24.8 Å². The van der Waals surface area contributed by atoms with Crippen LogP contribution in [0.25, 0.3) is 0 Å². The van der Waals surface area contributed by atoms with E-state index in [9.17, 15) is 9.59 Å². The fourth-order valence-electron chi connectivity index (χ4n) is 2.49. The van der Waals surface area contributed by atoms with Gasteiger partial charge in [0.15, 0.2) is 0 Å². The number of nitrogens with zero attached hydrogens (tertiary/aromatic N) is 1. The lowest BCUT2D eigenvalue weighted by Gasteiger charge is -2.36. The number of aliphatic carboxylic acids is 1. The lowest BCUT2D eigenvalue weighted by atomic mass is 9.98. The van der Waals surface area contributed by atoms with Crippen molar-refractivity contribution in [2.75, 3.05) is 18.1 Å². The van der Waals surface area contributed by atoms with Crippen molar-refractivity contribution in [3.05, 3.63) is 33.8 Å². The molecule has 1 aliphatic heterocycles. The predicted molar refractivity (Wildman–Crippen MR) is 90.0 cm³/mol. The van der Waals surface area contributed by atoms with Gasteiger partial charge in [-0.3, -0.25) is 9.59 Å². The second-order valence-electron chi connectivity index (χ2n) is 5.25. The van der Waals surface area contributed by atoms with Gasteiger partial charge in [-0.1, -0.05) is 29.3 Å². The van der Waals surface area contributed by atoms with E-state index in [1.54, 1.807) is 34.9 Å². The number of amides is 1. The highest BCUT2D eigenvalue weighted by atomic mass is 35.5. The number of halogens is 2. The number of hydrogen-bond acceptors (Lipinski definition) is 3.